The van der Waals surface area contributed by atoms with Crippen LogP contribution in [0.2, 0.25) is 5.02 Å². The zero-order valence-electron chi connectivity index (χ0n) is 15.6. The second kappa shape index (κ2) is 6.83. The molecular formula is C22H16ClN5O. The fourth-order valence-electron chi connectivity index (χ4n) is 3.48. The first-order valence-electron chi connectivity index (χ1n) is 9.15. The van der Waals surface area contributed by atoms with Crippen LogP contribution in [0.5, 0.6) is 0 Å². The van der Waals surface area contributed by atoms with Crippen molar-refractivity contribution in [3.05, 3.63) is 93.6 Å². The van der Waals surface area contributed by atoms with Crippen molar-refractivity contribution in [1.82, 2.24) is 24.1 Å². The Bertz CT molecular complexity index is 1420. The first kappa shape index (κ1) is 17.6. The summed E-state index contributed by atoms with van der Waals surface area (Å²) < 4.78 is 3.25. The van der Waals surface area contributed by atoms with Crippen LogP contribution in [0, 0.1) is 6.92 Å². The fraction of sp³-hybridized carbons (Fsp3) is 0.0909. The predicted molar refractivity (Wildman–Crippen MR) is 113 cm³/mol. The molecule has 5 aromatic rings. The summed E-state index contributed by atoms with van der Waals surface area (Å²) >= 11 is 6.47. The van der Waals surface area contributed by atoms with E-state index in [1.807, 2.05) is 55.5 Å². The van der Waals surface area contributed by atoms with E-state index in [2.05, 4.69) is 15.1 Å². The van der Waals surface area contributed by atoms with Crippen molar-refractivity contribution >= 4 is 28.3 Å². The molecule has 0 radical (unpaired) electrons. The Morgan fingerprint density at radius 1 is 1.03 bits per heavy atom. The summed E-state index contributed by atoms with van der Waals surface area (Å²) in [4.78, 5) is 22.2. The maximum absolute atomic E-state index is 13.5. The second-order valence-electron chi connectivity index (χ2n) is 6.91. The van der Waals surface area contributed by atoms with Gasteiger partial charge in [0.15, 0.2) is 0 Å². The van der Waals surface area contributed by atoms with Gasteiger partial charge in [0.05, 0.1) is 23.1 Å². The maximum Gasteiger partial charge on any atom is 0.262 e. The van der Waals surface area contributed by atoms with E-state index in [1.54, 1.807) is 21.3 Å². The van der Waals surface area contributed by atoms with Gasteiger partial charge in [-0.15, -0.1) is 0 Å². The first-order valence-corrected chi connectivity index (χ1v) is 9.53. The number of aromatic nitrogens is 5. The Morgan fingerprint density at radius 3 is 2.62 bits per heavy atom. The molecule has 0 saturated carbocycles. The average Bonchev–Trinajstić information content (AvgIpc) is 3.19. The van der Waals surface area contributed by atoms with Gasteiger partial charge in [-0.2, -0.15) is 14.6 Å². The number of hydrogen-bond donors (Lipinski definition) is 0. The maximum atomic E-state index is 13.5. The highest BCUT2D eigenvalue weighted by molar-refractivity contribution is 6.33. The molecule has 0 unspecified atom stereocenters. The van der Waals surface area contributed by atoms with Gasteiger partial charge in [-0.05, 0) is 24.6 Å². The van der Waals surface area contributed by atoms with Crippen molar-refractivity contribution in [1.29, 1.82) is 0 Å². The van der Waals surface area contributed by atoms with Crippen molar-refractivity contribution in [2.75, 3.05) is 0 Å². The van der Waals surface area contributed by atoms with Gasteiger partial charge in [0.2, 0.25) is 0 Å². The number of rotatable bonds is 3. The summed E-state index contributed by atoms with van der Waals surface area (Å²) in [5, 5.41) is 5.28. The lowest BCUT2D eigenvalue weighted by molar-refractivity contribution is 0.766. The van der Waals surface area contributed by atoms with Gasteiger partial charge in [-0.25, -0.2) is 4.98 Å². The third kappa shape index (κ3) is 2.98. The van der Waals surface area contributed by atoms with Gasteiger partial charge in [0.25, 0.3) is 11.3 Å². The molecule has 0 aliphatic rings. The number of nitrogens with zero attached hydrogens (tertiary/aromatic N) is 5. The molecule has 0 spiro atoms. The summed E-state index contributed by atoms with van der Waals surface area (Å²) in [5.74, 6) is 0.420. The molecule has 5 rings (SSSR count). The molecule has 142 valence electrons. The van der Waals surface area contributed by atoms with E-state index < -0.39 is 0 Å². The van der Waals surface area contributed by atoms with Gasteiger partial charge in [0.1, 0.15) is 6.33 Å². The fourth-order valence-corrected chi connectivity index (χ4v) is 3.71. The van der Waals surface area contributed by atoms with Crippen LogP contribution < -0.4 is 5.56 Å². The summed E-state index contributed by atoms with van der Waals surface area (Å²) in [7, 11) is 0. The van der Waals surface area contributed by atoms with Crippen LogP contribution in [0.25, 0.3) is 27.9 Å². The van der Waals surface area contributed by atoms with Gasteiger partial charge < -0.3 is 4.57 Å². The van der Waals surface area contributed by atoms with Gasteiger partial charge in [-0.1, -0.05) is 59.6 Å². The molecule has 3 heterocycles. The Kier molecular flexibility index (Phi) is 4.14. The zero-order chi connectivity index (χ0) is 20.0. The molecule has 0 atom stereocenters. The standard InChI is InChI=1S/C22H16ClN5O/c1-14-6-8-15(9-7-14)12-27-11-10-18-19(21(27)29)20(16-4-2-3-5-17(16)23)28-22(26-18)24-13-25-28/h2-11,13H,12H2,1H3. The summed E-state index contributed by atoms with van der Waals surface area (Å²) in [5.41, 5.74) is 3.94. The molecule has 6 nitrogen and oxygen atoms in total. The van der Waals surface area contributed by atoms with Crippen LogP contribution in [-0.4, -0.2) is 24.1 Å². The summed E-state index contributed by atoms with van der Waals surface area (Å²) in [6.45, 7) is 2.50. The highest BCUT2D eigenvalue weighted by Gasteiger charge is 2.18. The summed E-state index contributed by atoms with van der Waals surface area (Å²) in [6, 6.07) is 17.4. The topological polar surface area (TPSA) is 65.1 Å². The number of pyridine rings is 1. The number of benzene rings is 2. The Labute approximate surface area is 171 Å². The molecule has 0 amide bonds. The Balaban J connectivity index is 1.80. The van der Waals surface area contributed by atoms with E-state index in [4.69, 9.17) is 11.6 Å². The molecule has 0 aliphatic heterocycles. The van der Waals surface area contributed by atoms with Crippen LogP contribution in [0.1, 0.15) is 11.1 Å². The molecule has 0 bridgehead atoms. The molecule has 0 saturated heterocycles. The van der Waals surface area contributed by atoms with Gasteiger partial charge in [-0.3, -0.25) is 4.79 Å². The van der Waals surface area contributed by atoms with Crippen LogP contribution in [0.4, 0.5) is 0 Å². The van der Waals surface area contributed by atoms with Crippen molar-refractivity contribution in [3.8, 4) is 11.3 Å². The number of fused-ring (bicyclic) bond motifs is 2. The van der Waals surface area contributed by atoms with E-state index >= 15 is 0 Å². The van der Waals surface area contributed by atoms with Crippen LogP contribution >= 0.6 is 11.6 Å². The normalized spacial score (nSPS) is 11.4. The van der Waals surface area contributed by atoms with E-state index in [9.17, 15) is 4.79 Å². The summed E-state index contributed by atoms with van der Waals surface area (Å²) in [6.07, 6.45) is 3.19. The smallest absolute Gasteiger partial charge is 0.262 e. The van der Waals surface area contributed by atoms with Crippen molar-refractivity contribution in [2.24, 2.45) is 0 Å². The SMILES string of the molecule is Cc1ccc(Cn2ccc3nc4ncnn4c(-c4ccccc4Cl)c3c2=O)cc1. The lowest BCUT2D eigenvalue weighted by Crippen LogP contribution is -2.22. The van der Waals surface area contributed by atoms with E-state index in [-0.39, 0.29) is 5.56 Å². The minimum absolute atomic E-state index is 0.150. The monoisotopic (exact) mass is 401 g/mol. The van der Waals surface area contributed by atoms with E-state index in [1.165, 1.54) is 11.9 Å². The van der Waals surface area contributed by atoms with E-state index in [0.717, 1.165) is 5.56 Å². The van der Waals surface area contributed by atoms with Crippen molar-refractivity contribution < 1.29 is 0 Å². The molecule has 0 aliphatic carbocycles. The number of aryl methyl sites for hydroxylation is 1. The number of halogens is 1. The highest BCUT2D eigenvalue weighted by Crippen LogP contribution is 2.31. The molecule has 2 aromatic carbocycles. The molecular weight excluding hydrogens is 386 g/mol. The minimum Gasteiger partial charge on any atom is -0.310 e. The van der Waals surface area contributed by atoms with Gasteiger partial charge >= 0.3 is 0 Å². The van der Waals surface area contributed by atoms with E-state index in [0.29, 0.717) is 39.5 Å². The van der Waals surface area contributed by atoms with Crippen LogP contribution in [0.15, 0.2) is 71.9 Å². The van der Waals surface area contributed by atoms with Crippen molar-refractivity contribution in [2.45, 2.75) is 13.5 Å². The third-order valence-corrected chi connectivity index (χ3v) is 5.27. The quantitative estimate of drug-likeness (QED) is 0.456. The lowest BCUT2D eigenvalue weighted by atomic mass is 10.1. The molecule has 3 aromatic heterocycles. The van der Waals surface area contributed by atoms with Crippen LogP contribution in [0.3, 0.4) is 0 Å². The predicted octanol–water partition coefficient (Wildman–Crippen LogP) is 4.12. The van der Waals surface area contributed by atoms with Gasteiger partial charge in [0, 0.05) is 16.8 Å². The molecule has 7 heteroatoms. The Hall–Kier alpha value is -3.51. The first-order chi connectivity index (χ1) is 14.1. The highest BCUT2D eigenvalue weighted by atomic mass is 35.5. The molecule has 0 fully saturated rings. The minimum atomic E-state index is -0.150. The van der Waals surface area contributed by atoms with Crippen LogP contribution in [-0.2, 0) is 6.54 Å². The molecule has 29 heavy (non-hydrogen) atoms. The second-order valence-corrected chi connectivity index (χ2v) is 7.31. The third-order valence-electron chi connectivity index (χ3n) is 4.94. The number of hydrogen-bond acceptors (Lipinski definition) is 4. The Morgan fingerprint density at radius 2 is 1.83 bits per heavy atom. The molecule has 0 N–H and O–H groups in total. The zero-order valence-corrected chi connectivity index (χ0v) is 16.3. The largest absolute Gasteiger partial charge is 0.310 e. The average molecular weight is 402 g/mol. The lowest BCUT2D eigenvalue weighted by Gasteiger charge is -2.12. The van der Waals surface area contributed by atoms with Crippen molar-refractivity contribution in [3.63, 3.8) is 0 Å².